The third-order valence-electron chi connectivity index (χ3n) is 3.54. The minimum atomic E-state index is -0.297. The summed E-state index contributed by atoms with van der Waals surface area (Å²) >= 11 is 0. The smallest absolute Gasteiger partial charge is 0.302 e. The summed E-state index contributed by atoms with van der Waals surface area (Å²) in [6.45, 7) is 5.67. The Morgan fingerprint density at radius 2 is 2.30 bits per heavy atom. The van der Waals surface area contributed by atoms with Gasteiger partial charge in [-0.05, 0) is 43.4 Å². The van der Waals surface area contributed by atoms with Gasteiger partial charge >= 0.3 is 5.97 Å². The minimum Gasteiger partial charge on any atom is -0.466 e. The molecule has 0 amide bonds. The number of rotatable bonds is 6. The van der Waals surface area contributed by atoms with Gasteiger partial charge in [0.1, 0.15) is 0 Å². The minimum absolute atomic E-state index is 0.213. The van der Waals surface area contributed by atoms with E-state index in [2.05, 4.69) is 23.1 Å². The number of ether oxygens (including phenoxy) is 1. The Morgan fingerprint density at radius 1 is 1.50 bits per heavy atom. The van der Waals surface area contributed by atoms with Crippen LogP contribution in [0.3, 0.4) is 0 Å². The fourth-order valence-electron chi connectivity index (χ4n) is 2.70. The summed E-state index contributed by atoms with van der Waals surface area (Å²) in [5, 5.41) is 9.44. The molecule has 0 radical (unpaired) electrons. The molecule has 1 aliphatic heterocycles. The second-order valence-electron chi connectivity index (χ2n) is 5.45. The molecule has 1 aromatic rings. The molecule has 0 aromatic heterocycles. The highest BCUT2D eigenvalue weighted by Gasteiger charge is 2.19. The average molecular weight is 277 g/mol. The van der Waals surface area contributed by atoms with Crippen LogP contribution >= 0.6 is 0 Å². The average Bonchev–Trinajstić information content (AvgIpc) is 2.76. The molecule has 2 rings (SSSR count). The maximum Gasteiger partial charge on any atom is 0.302 e. The molecule has 110 valence electrons. The van der Waals surface area contributed by atoms with Crippen LogP contribution in [-0.2, 0) is 22.4 Å². The fraction of sp³-hybridized carbons (Fsp3) is 0.562. The lowest BCUT2D eigenvalue weighted by atomic mass is 10.0. The van der Waals surface area contributed by atoms with Crippen LogP contribution in [-0.4, -0.2) is 36.9 Å². The first kappa shape index (κ1) is 14.9. The summed E-state index contributed by atoms with van der Waals surface area (Å²) in [7, 11) is 0. The predicted octanol–water partition coefficient (Wildman–Crippen LogP) is 1.93. The van der Waals surface area contributed by atoms with Crippen molar-refractivity contribution in [3.8, 4) is 0 Å². The molecule has 1 aromatic carbocycles. The zero-order chi connectivity index (χ0) is 14.5. The molecule has 0 fully saturated rings. The molecular weight excluding hydrogens is 254 g/mol. The Morgan fingerprint density at radius 3 is 3.00 bits per heavy atom. The number of carbonyl (C=O) groups is 1. The van der Waals surface area contributed by atoms with Crippen LogP contribution < -0.4 is 4.90 Å². The maximum absolute atomic E-state index is 10.7. The molecule has 4 nitrogen and oxygen atoms in total. The second-order valence-corrected chi connectivity index (χ2v) is 5.45. The Kier molecular flexibility index (Phi) is 5.01. The van der Waals surface area contributed by atoms with E-state index in [1.165, 1.54) is 23.7 Å². The summed E-state index contributed by atoms with van der Waals surface area (Å²) in [6, 6.07) is 6.44. The molecule has 20 heavy (non-hydrogen) atoms. The van der Waals surface area contributed by atoms with Crippen LogP contribution in [0.1, 0.15) is 31.4 Å². The van der Waals surface area contributed by atoms with Gasteiger partial charge in [-0.3, -0.25) is 4.79 Å². The maximum atomic E-state index is 10.7. The van der Waals surface area contributed by atoms with E-state index in [1.807, 2.05) is 6.92 Å². The standard InChI is InChI=1S/C16H23NO3/c1-12(18)10-14-4-5-16-15(11-14)6-8-17(16)7-3-9-20-13(2)19/h4-5,11-12,18H,3,6-10H2,1-2H3. The zero-order valence-corrected chi connectivity index (χ0v) is 12.3. The molecule has 1 heterocycles. The molecule has 0 aliphatic carbocycles. The summed E-state index contributed by atoms with van der Waals surface area (Å²) in [5.74, 6) is -0.213. The van der Waals surface area contributed by atoms with E-state index in [1.54, 1.807) is 0 Å². The summed E-state index contributed by atoms with van der Waals surface area (Å²) in [5.41, 5.74) is 3.83. The van der Waals surface area contributed by atoms with Gasteiger partial charge in [-0.1, -0.05) is 12.1 Å². The first-order valence-electron chi connectivity index (χ1n) is 7.24. The van der Waals surface area contributed by atoms with Crippen LogP contribution in [0.5, 0.6) is 0 Å². The number of aliphatic hydroxyl groups excluding tert-OH is 1. The SMILES string of the molecule is CC(=O)OCCCN1CCc2cc(CC(C)O)ccc21. The van der Waals surface area contributed by atoms with Crippen molar-refractivity contribution in [1.29, 1.82) is 0 Å². The number of nitrogens with zero attached hydrogens (tertiary/aromatic N) is 1. The first-order chi connectivity index (χ1) is 9.56. The van der Waals surface area contributed by atoms with E-state index in [0.29, 0.717) is 13.0 Å². The number of hydrogen-bond acceptors (Lipinski definition) is 4. The van der Waals surface area contributed by atoms with Gasteiger partial charge in [0.05, 0.1) is 12.7 Å². The van der Waals surface area contributed by atoms with Crippen molar-refractivity contribution < 1.29 is 14.6 Å². The van der Waals surface area contributed by atoms with Crippen LogP contribution in [0.15, 0.2) is 18.2 Å². The van der Waals surface area contributed by atoms with Gasteiger partial charge in [0.2, 0.25) is 0 Å². The molecule has 0 bridgehead atoms. The van der Waals surface area contributed by atoms with Gasteiger partial charge in [-0.15, -0.1) is 0 Å². The molecule has 4 heteroatoms. The number of carbonyl (C=O) groups excluding carboxylic acids is 1. The molecule has 0 spiro atoms. The van der Waals surface area contributed by atoms with Crippen molar-refractivity contribution in [2.45, 2.75) is 39.2 Å². The van der Waals surface area contributed by atoms with Crippen molar-refractivity contribution in [3.63, 3.8) is 0 Å². The van der Waals surface area contributed by atoms with Crippen LogP contribution in [0.25, 0.3) is 0 Å². The van der Waals surface area contributed by atoms with E-state index in [-0.39, 0.29) is 12.1 Å². The van der Waals surface area contributed by atoms with E-state index < -0.39 is 0 Å². The van der Waals surface area contributed by atoms with Crippen LogP contribution in [0.2, 0.25) is 0 Å². The number of benzene rings is 1. The highest BCUT2D eigenvalue weighted by molar-refractivity contribution is 5.65. The Balaban J connectivity index is 1.90. The van der Waals surface area contributed by atoms with E-state index in [9.17, 15) is 9.90 Å². The van der Waals surface area contributed by atoms with Gasteiger partial charge in [0.25, 0.3) is 0 Å². The molecular formula is C16H23NO3. The van der Waals surface area contributed by atoms with E-state index in [0.717, 1.165) is 25.9 Å². The van der Waals surface area contributed by atoms with Gasteiger partial charge in [0.15, 0.2) is 0 Å². The molecule has 0 saturated heterocycles. The Hall–Kier alpha value is -1.55. The quantitative estimate of drug-likeness (QED) is 0.637. The lowest BCUT2D eigenvalue weighted by Crippen LogP contribution is -2.23. The van der Waals surface area contributed by atoms with Crippen LogP contribution in [0, 0.1) is 0 Å². The number of aliphatic hydroxyl groups is 1. The molecule has 1 atom stereocenters. The first-order valence-corrected chi connectivity index (χ1v) is 7.24. The van der Waals surface area contributed by atoms with Crippen LogP contribution in [0.4, 0.5) is 5.69 Å². The number of hydrogen-bond donors (Lipinski definition) is 1. The van der Waals surface area contributed by atoms with Crippen molar-refractivity contribution in [3.05, 3.63) is 29.3 Å². The normalized spacial score (nSPS) is 15.1. The van der Waals surface area contributed by atoms with Crippen molar-refractivity contribution in [2.24, 2.45) is 0 Å². The molecule has 1 N–H and O–H groups in total. The summed E-state index contributed by atoms with van der Waals surface area (Å²) in [6.07, 6.45) is 2.32. The van der Waals surface area contributed by atoms with Crippen molar-refractivity contribution in [2.75, 3.05) is 24.6 Å². The second kappa shape index (κ2) is 6.75. The predicted molar refractivity (Wildman–Crippen MR) is 79.0 cm³/mol. The van der Waals surface area contributed by atoms with E-state index in [4.69, 9.17) is 4.74 Å². The monoisotopic (exact) mass is 277 g/mol. The third-order valence-corrected chi connectivity index (χ3v) is 3.54. The fourth-order valence-corrected chi connectivity index (χ4v) is 2.70. The van der Waals surface area contributed by atoms with Gasteiger partial charge < -0.3 is 14.7 Å². The van der Waals surface area contributed by atoms with Crippen molar-refractivity contribution in [1.82, 2.24) is 0 Å². The molecule has 1 aliphatic rings. The highest BCUT2D eigenvalue weighted by Crippen LogP contribution is 2.29. The highest BCUT2D eigenvalue weighted by atomic mass is 16.5. The molecule has 0 saturated carbocycles. The third kappa shape index (κ3) is 3.97. The van der Waals surface area contributed by atoms with Gasteiger partial charge in [-0.2, -0.15) is 0 Å². The largest absolute Gasteiger partial charge is 0.466 e. The van der Waals surface area contributed by atoms with Gasteiger partial charge in [-0.25, -0.2) is 0 Å². The van der Waals surface area contributed by atoms with Gasteiger partial charge in [0, 0.05) is 25.7 Å². The summed E-state index contributed by atoms with van der Waals surface area (Å²) < 4.78 is 4.96. The van der Waals surface area contributed by atoms with Crippen molar-refractivity contribution >= 4 is 11.7 Å². The number of esters is 1. The Labute approximate surface area is 120 Å². The topological polar surface area (TPSA) is 49.8 Å². The zero-order valence-electron chi connectivity index (χ0n) is 12.3. The summed E-state index contributed by atoms with van der Waals surface area (Å²) in [4.78, 5) is 13.0. The lowest BCUT2D eigenvalue weighted by Gasteiger charge is -2.19. The Bertz CT molecular complexity index is 471. The number of fused-ring (bicyclic) bond motifs is 1. The van der Waals surface area contributed by atoms with E-state index >= 15 is 0 Å². The lowest BCUT2D eigenvalue weighted by molar-refractivity contribution is -0.140. The molecule has 1 unspecified atom stereocenters. The number of anilines is 1.